The van der Waals surface area contributed by atoms with E-state index < -0.39 is 0 Å². The second kappa shape index (κ2) is 2.46. The lowest BCUT2D eigenvalue weighted by Crippen LogP contribution is -2.17. The summed E-state index contributed by atoms with van der Waals surface area (Å²) in [5.41, 5.74) is 0. The molecule has 0 aromatic carbocycles. The molecule has 0 aliphatic carbocycles. The highest BCUT2D eigenvalue weighted by Gasteiger charge is 2.22. The van der Waals surface area contributed by atoms with E-state index in [1.807, 2.05) is 0 Å². The molecule has 0 saturated carbocycles. The van der Waals surface area contributed by atoms with Crippen LogP contribution in [-0.2, 0) is 9.47 Å². The largest absolute Gasteiger partial charge is 0.379 e. The van der Waals surface area contributed by atoms with Crippen LogP contribution in [0, 0.1) is 5.92 Å². The fourth-order valence-electron chi connectivity index (χ4n) is 0.942. The van der Waals surface area contributed by atoms with E-state index >= 15 is 0 Å². The maximum Gasteiger partial charge on any atom is 0.0852 e. The van der Waals surface area contributed by atoms with Crippen LogP contribution in [0.5, 0.6) is 0 Å². The van der Waals surface area contributed by atoms with Crippen LogP contribution in [0.3, 0.4) is 0 Å². The molecule has 0 spiro atoms. The molecule has 2 nitrogen and oxygen atoms in total. The van der Waals surface area contributed by atoms with E-state index in [1.165, 1.54) is 0 Å². The van der Waals surface area contributed by atoms with E-state index in [1.54, 1.807) is 7.11 Å². The van der Waals surface area contributed by atoms with Gasteiger partial charge in [0.25, 0.3) is 0 Å². The third kappa shape index (κ3) is 1.01. The highest BCUT2D eigenvalue weighted by atomic mass is 16.5. The van der Waals surface area contributed by atoms with Crippen molar-refractivity contribution in [3.05, 3.63) is 0 Å². The molecular formula is C6H12O2. The van der Waals surface area contributed by atoms with Crippen molar-refractivity contribution >= 4 is 0 Å². The summed E-state index contributed by atoms with van der Waals surface area (Å²) in [7, 11) is 1.73. The van der Waals surface area contributed by atoms with Gasteiger partial charge in [-0.2, -0.15) is 0 Å². The Morgan fingerprint density at radius 1 is 1.50 bits per heavy atom. The van der Waals surface area contributed by atoms with Gasteiger partial charge < -0.3 is 9.47 Å². The lowest BCUT2D eigenvalue weighted by molar-refractivity contribution is 0.0697. The molecule has 0 aromatic heterocycles. The third-order valence-corrected chi connectivity index (χ3v) is 1.60. The van der Waals surface area contributed by atoms with Gasteiger partial charge in [0.2, 0.25) is 0 Å². The molecule has 2 heteroatoms. The fourth-order valence-corrected chi connectivity index (χ4v) is 0.942. The molecule has 0 amide bonds. The van der Waals surface area contributed by atoms with E-state index in [0.717, 1.165) is 13.2 Å². The Morgan fingerprint density at radius 3 is 2.50 bits per heavy atom. The molecule has 1 fully saturated rings. The fraction of sp³-hybridized carbons (Fsp3) is 1.00. The molecule has 1 saturated heterocycles. The Labute approximate surface area is 49.8 Å². The number of hydrogen-bond donors (Lipinski definition) is 0. The summed E-state index contributed by atoms with van der Waals surface area (Å²) in [6.45, 7) is 3.78. The summed E-state index contributed by atoms with van der Waals surface area (Å²) in [6, 6.07) is 0. The zero-order valence-electron chi connectivity index (χ0n) is 5.39. The molecule has 0 bridgehead atoms. The van der Waals surface area contributed by atoms with Crippen molar-refractivity contribution in [1.82, 2.24) is 0 Å². The summed E-state index contributed by atoms with van der Waals surface area (Å²) < 4.78 is 10.2. The first-order chi connectivity index (χ1) is 3.84. The Kier molecular flexibility index (Phi) is 1.86. The van der Waals surface area contributed by atoms with Crippen molar-refractivity contribution in [3.8, 4) is 0 Å². The van der Waals surface area contributed by atoms with Crippen LogP contribution >= 0.6 is 0 Å². The topological polar surface area (TPSA) is 18.5 Å². The summed E-state index contributed by atoms with van der Waals surface area (Å²) in [6.07, 6.45) is 0.343. The molecule has 48 valence electrons. The van der Waals surface area contributed by atoms with Gasteiger partial charge in [-0.15, -0.1) is 0 Å². The van der Waals surface area contributed by atoms with E-state index in [0.29, 0.717) is 12.0 Å². The van der Waals surface area contributed by atoms with Crippen LogP contribution < -0.4 is 0 Å². The highest BCUT2D eigenvalue weighted by Crippen LogP contribution is 2.14. The minimum absolute atomic E-state index is 0.343. The Bertz CT molecular complexity index is 72.9. The summed E-state index contributed by atoms with van der Waals surface area (Å²) in [5.74, 6) is 0.583. The molecule has 1 rings (SSSR count). The second-order valence-corrected chi connectivity index (χ2v) is 2.29. The lowest BCUT2D eigenvalue weighted by Gasteiger charge is -2.08. The van der Waals surface area contributed by atoms with Gasteiger partial charge in [-0.1, -0.05) is 6.92 Å². The van der Waals surface area contributed by atoms with Gasteiger partial charge in [0, 0.05) is 13.0 Å². The third-order valence-electron chi connectivity index (χ3n) is 1.60. The van der Waals surface area contributed by atoms with Gasteiger partial charge in [0.05, 0.1) is 19.3 Å². The van der Waals surface area contributed by atoms with Gasteiger partial charge in [-0.05, 0) is 0 Å². The van der Waals surface area contributed by atoms with E-state index in [-0.39, 0.29) is 0 Å². The molecule has 1 aliphatic heterocycles. The second-order valence-electron chi connectivity index (χ2n) is 2.29. The Balaban J connectivity index is 2.30. The van der Waals surface area contributed by atoms with Crippen molar-refractivity contribution in [1.29, 1.82) is 0 Å². The molecule has 0 unspecified atom stereocenters. The van der Waals surface area contributed by atoms with Crippen LogP contribution in [0.4, 0.5) is 0 Å². The molecular weight excluding hydrogens is 104 g/mol. The predicted molar refractivity (Wildman–Crippen MR) is 30.8 cm³/mol. The molecule has 8 heavy (non-hydrogen) atoms. The standard InChI is InChI=1S/C6H12O2/c1-5-3-8-4-6(5)7-2/h5-6H,3-4H2,1-2H3/t5-,6+/m1/s1. The van der Waals surface area contributed by atoms with E-state index in [2.05, 4.69) is 6.92 Å². The zero-order chi connectivity index (χ0) is 5.98. The van der Waals surface area contributed by atoms with Gasteiger partial charge in [0.15, 0.2) is 0 Å². The smallest absolute Gasteiger partial charge is 0.0852 e. The van der Waals surface area contributed by atoms with E-state index in [4.69, 9.17) is 9.47 Å². The summed E-state index contributed by atoms with van der Waals surface area (Å²) in [5, 5.41) is 0. The Morgan fingerprint density at radius 2 is 2.25 bits per heavy atom. The quantitative estimate of drug-likeness (QED) is 0.501. The van der Waals surface area contributed by atoms with Crippen LogP contribution in [0.2, 0.25) is 0 Å². The van der Waals surface area contributed by atoms with Crippen LogP contribution in [0.25, 0.3) is 0 Å². The highest BCUT2D eigenvalue weighted by molar-refractivity contribution is 4.70. The molecule has 1 aliphatic rings. The van der Waals surface area contributed by atoms with Gasteiger partial charge >= 0.3 is 0 Å². The van der Waals surface area contributed by atoms with E-state index in [9.17, 15) is 0 Å². The maximum atomic E-state index is 5.14. The van der Waals surface area contributed by atoms with Crippen LogP contribution in [0.15, 0.2) is 0 Å². The van der Waals surface area contributed by atoms with Gasteiger partial charge in [-0.25, -0.2) is 0 Å². The molecule has 2 atom stereocenters. The first-order valence-corrected chi connectivity index (χ1v) is 2.95. The van der Waals surface area contributed by atoms with Gasteiger partial charge in [0.1, 0.15) is 0 Å². The summed E-state index contributed by atoms with van der Waals surface area (Å²) in [4.78, 5) is 0. The molecule has 0 N–H and O–H groups in total. The maximum absolute atomic E-state index is 5.14. The first-order valence-electron chi connectivity index (χ1n) is 2.95. The lowest BCUT2D eigenvalue weighted by atomic mass is 10.1. The molecule has 0 radical (unpaired) electrons. The van der Waals surface area contributed by atoms with Gasteiger partial charge in [-0.3, -0.25) is 0 Å². The van der Waals surface area contributed by atoms with Crippen LogP contribution in [0.1, 0.15) is 6.92 Å². The van der Waals surface area contributed by atoms with Crippen LogP contribution in [-0.4, -0.2) is 26.4 Å². The van der Waals surface area contributed by atoms with Crippen molar-refractivity contribution < 1.29 is 9.47 Å². The monoisotopic (exact) mass is 116 g/mol. The SMILES string of the molecule is CO[C@H]1COC[C@H]1C. The average Bonchev–Trinajstić information content (AvgIpc) is 2.14. The molecule has 1 heterocycles. The number of hydrogen-bond acceptors (Lipinski definition) is 2. The minimum Gasteiger partial charge on any atom is -0.379 e. The average molecular weight is 116 g/mol. The number of ether oxygens (including phenoxy) is 2. The van der Waals surface area contributed by atoms with Crippen molar-refractivity contribution in [2.75, 3.05) is 20.3 Å². The van der Waals surface area contributed by atoms with Crippen molar-refractivity contribution in [2.24, 2.45) is 5.92 Å². The minimum atomic E-state index is 0.343. The zero-order valence-corrected chi connectivity index (χ0v) is 5.39. The van der Waals surface area contributed by atoms with Crippen molar-refractivity contribution in [3.63, 3.8) is 0 Å². The van der Waals surface area contributed by atoms with Crippen molar-refractivity contribution in [2.45, 2.75) is 13.0 Å². The Hall–Kier alpha value is -0.0800. The predicted octanol–water partition coefficient (Wildman–Crippen LogP) is 0.668. The first kappa shape index (κ1) is 6.05. The number of methoxy groups -OCH3 is 1. The summed E-state index contributed by atoms with van der Waals surface area (Å²) >= 11 is 0. The molecule has 0 aromatic rings. The normalized spacial score (nSPS) is 38.2. The number of rotatable bonds is 1.